The third-order valence-corrected chi connectivity index (χ3v) is 2.50. The Balaban J connectivity index is 2.22. The van der Waals surface area contributed by atoms with Crippen molar-refractivity contribution in [2.24, 2.45) is 0 Å². The number of imidazole rings is 1. The van der Waals surface area contributed by atoms with Crippen molar-refractivity contribution in [3.8, 4) is 0 Å². The van der Waals surface area contributed by atoms with Crippen LogP contribution in [0.1, 0.15) is 18.4 Å². The van der Waals surface area contributed by atoms with E-state index in [0.29, 0.717) is 0 Å². The molecule has 0 spiro atoms. The first kappa shape index (κ1) is 10.2. The molecule has 2 rings (SSSR count). The second-order valence-corrected chi connectivity index (χ2v) is 3.71. The van der Waals surface area contributed by atoms with Crippen LogP contribution in [-0.2, 0) is 13.0 Å². The molecule has 0 N–H and O–H groups in total. The van der Waals surface area contributed by atoms with Gasteiger partial charge >= 0.3 is 0 Å². The van der Waals surface area contributed by atoms with Gasteiger partial charge in [-0.05, 0) is 19.1 Å². The molecule has 2 aromatic heterocycles. The number of nitrogens with zero attached hydrogens (tertiary/aromatic N) is 3. The van der Waals surface area contributed by atoms with E-state index in [1.165, 1.54) is 0 Å². The summed E-state index contributed by atoms with van der Waals surface area (Å²) in [6.45, 7) is 3.02. The van der Waals surface area contributed by atoms with Crippen molar-refractivity contribution in [3.05, 3.63) is 47.3 Å². The van der Waals surface area contributed by atoms with E-state index in [1.807, 2.05) is 18.5 Å². The molecular weight excluding hydrogens is 210 g/mol. The average molecular weight is 222 g/mol. The Bertz CT molecular complexity index is 451. The van der Waals surface area contributed by atoms with Gasteiger partial charge in [0, 0.05) is 42.3 Å². The van der Waals surface area contributed by atoms with Gasteiger partial charge in [-0.1, -0.05) is 11.6 Å². The maximum Gasteiger partial charge on any atom is 0.114 e. The summed E-state index contributed by atoms with van der Waals surface area (Å²) in [5, 5.41) is 0.717. The topological polar surface area (TPSA) is 30.7 Å². The highest BCUT2D eigenvalue weighted by Crippen LogP contribution is 2.11. The second kappa shape index (κ2) is 4.45. The van der Waals surface area contributed by atoms with Crippen molar-refractivity contribution < 1.29 is 0 Å². The van der Waals surface area contributed by atoms with Crippen LogP contribution in [0.5, 0.6) is 0 Å². The van der Waals surface area contributed by atoms with Crippen LogP contribution >= 0.6 is 11.6 Å². The second-order valence-electron chi connectivity index (χ2n) is 3.27. The van der Waals surface area contributed by atoms with Crippen LogP contribution in [-0.4, -0.2) is 14.5 Å². The molecule has 0 aromatic carbocycles. The molecule has 0 saturated heterocycles. The predicted molar refractivity (Wildman–Crippen MR) is 60.0 cm³/mol. The minimum atomic E-state index is 0.717. The molecule has 2 heterocycles. The van der Waals surface area contributed by atoms with Crippen molar-refractivity contribution in [1.29, 1.82) is 0 Å². The SMILES string of the molecule is CCn1ccnc1Cc1cc(Cl)ccn1. The zero-order chi connectivity index (χ0) is 10.7. The van der Waals surface area contributed by atoms with Crippen LogP contribution in [0.2, 0.25) is 5.02 Å². The number of hydrogen-bond donors (Lipinski definition) is 0. The van der Waals surface area contributed by atoms with Crippen molar-refractivity contribution in [2.45, 2.75) is 19.9 Å². The summed E-state index contributed by atoms with van der Waals surface area (Å²) >= 11 is 5.89. The van der Waals surface area contributed by atoms with E-state index in [-0.39, 0.29) is 0 Å². The van der Waals surface area contributed by atoms with Gasteiger partial charge in [0.15, 0.2) is 0 Å². The molecule has 2 aromatic rings. The van der Waals surface area contributed by atoms with E-state index in [0.717, 1.165) is 29.5 Å². The number of rotatable bonds is 3. The highest BCUT2D eigenvalue weighted by molar-refractivity contribution is 6.30. The van der Waals surface area contributed by atoms with Crippen LogP contribution in [0, 0.1) is 0 Å². The Hall–Kier alpha value is -1.35. The minimum absolute atomic E-state index is 0.717. The standard InChI is InChI=1S/C11H12ClN3/c1-2-15-6-5-14-11(15)8-10-7-9(12)3-4-13-10/h3-7H,2,8H2,1H3. The van der Waals surface area contributed by atoms with Crippen LogP contribution in [0.3, 0.4) is 0 Å². The molecule has 0 aliphatic carbocycles. The molecule has 78 valence electrons. The van der Waals surface area contributed by atoms with Gasteiger partial charge in [-0.2, -0.15) is 0 Å². The molecule has 0 aliphatic heterocycles. The first-order valence-corrected chi connectivity index (χ1v) is 5.28. The summed E-state index contributed by atoms with van der Waals surface area (Å²) in [7, 11) is 0. The maximum absolute atomic E-state index is 5.89. The fraction of sp³-hybridized carbons (Fsp3) is 0.273. The van der Waals surface area contributed by atoms with Crippen molar-refractivity contribution in [1.82, 2.24) is 14.5 Å². The number of aryl methyl sites for hydroxylation is 1. The van der Waals surface area contributed by atoms with Gasteiger partial charge in [-0.25, -0.2) is 4.98 Å². The van der Waals surface area contributed by atoms with Gasteiger partial charge in [-0.3, -0.25) is 4.98 Å². The molecule has 0 atom stereocenters. The van der Waals surface area contributed by atoms with E-state index in [2.05, 4.69) is 21.5 Å². The van der Waals surface area contributed by atoms with Gasteiger partial charge in [0.25, 0.3) is 0 Å². The molecule has 0 saturated carbocycles. The van der Waals surface area contributed by atoms with Crippen LogP contribution in [0.15, 0.2) is 30.7 Å². The van der Waals surface area contributed by atoms with E-state index in [1.54, 1.807) is 12.3 Å². The van der Waals surface area contributed by atoms with Crippen molar-refractivity contribution >= 4 is 11.6 Å². The molecule has 0 unspecified atom stereocenters. The average Bonchev–Trinajstić information content (AvgIpc) is 2.65. The lowest BCUT2D eigenvalue weighted by Gasteiger charge is -2.04. The monoisotopic (exact) mass is 221 g/mol. The van der Waals surface area contributed by atoms with Gasteiger partial charge in [0.1, 0.15) is 5.82 Å². The number of pyridine rings is 1. The molecule has 0 bridgehead atoms. The van der Waals surface area contributed by atoms with Crippen LogP contribution in [0.25, 0.3) is 0 Å². The Morgan fingerprint density at radius 2 is 2.20 bits per heavy atom. The molecule has 15 heavy (non-hydrogen) atoms. The molecule has 4 heteroatoms. The number of hydrogen-bond acceptors (Lipinski definition) is 2. The van der Waals surface area contributed by atoms with Gasteiger partial charge in [0.2, 0.25) is 0 Å². The molecular formula is C11H12ClN3. The zero-order valence-electron chi connectivity index (χ0n) is 8.52. The summed E-state index contributed by atoms with van der Waals surface area (Å²) in [5.74, 6) is 1.02. The summed E-state index contributed by atoms with van der Waals surface area (Å²) in [6, 6.07) is 3.65. The smallest absolute Gasteiger partial charge is 0.114 e. The fourth-order valence-electron chi connectivity index (χ4n) is 1.50. The molecule has 0 radical (unpaired) electrons. The third kappa shape index (κ3) is 2.36. The van der Waals surface area contributed by atoms with E-state index in [4.69, 9.17) is 11.6 Å². The molecule has 0 aliphatic rings. The summed E-state index contributed by atoms with van der Waals surface area (Å²) in [6.07, 6.45) is 6.22. The summed E-state index contributed by atoms with van der Waals surface area (Å²) in [5.41, 5.74) is 0.948. The third-order valence-electron chi connectivity index (χ3n) is 2.26. The summed E-state index contributed by atoms with van der Waals surface area (Å²) < 4.78 is 2.10. The number of halogens is 1. The highest BCUT2D eigenvalue weighted by Gasteiger charge is 2.03. The largest absolute Gasteiger partial charge is 0.335 e. The lowest BCUT2D eigenvalue weighted by molar-refractivity contribution is 0.708. The Morgan fingerprint density at radius 1 is 1.33 bits per heavy atom. The van der Waals surface area contributed by atoms with Gasteiger partial charge < -0.3 is 4.57 Å². The Morgan fingerprint density at radius 3 is 2.93 bits per heavy atom. The van der Waals surface area contributed by atoms with Gasteiger partial charge in [-0.15, -0.1) is 0 Å². The van der Waals surface area contributed by atoms with E-state index >= 15 is 0 Å². The normalized spacial score (nSPS) is 10.5. The molecule has 0 fully saturated rings. The first-order valence-electron chi connectivity index (χ1n) is 4.90. The van der Waals surface area contributed by atoms with Crippen LogP contribution < -0.4 is 0 Å². The van der Waals surface area contributed by atoms with Gasteiger partial charge in [0.05, 0.1) is 0 Å². The van der Waals surface area contributed by atoms with E-state index < -0.39 is 0 Å². The maximum atomic E-state index is 5.89. The zero-order valence-corrected chi connectivity index (χ0v) is 9.28. The molecule has 3 nitrogen and oxygen atoms in total. The minimum Gasteiger partial charge on any atom is -0.335 e. The number of aromatic nitrogens is 3. The van der Waals surface area contributed by atoms with Crippen molar-refractivity contribution in [2.75, 3.05) is 0 Å². The predicted octanol–water partition coefficient (Wildman–Crippen LogP) is 2.54. The van der Waals surface area contributed by atoms with Crippen molar-refractivity contribution in [3.63, 3.8) is 0 Å². The quantitative estimate of drug-likeness (QED) is 0.798. The molecule has 0 amide bonds. The first-order chi connectivity index (χ1) is 7.29. The highest BCUT2D eigenvalue weighted by atomic mass is 35.5. The lowest BCUT2D eigenvalue weighted by atomic mass is 10.2. The fourth-order valence-corrected chi connectivity index (χ4v) is 1.68. The Kier molecular flexibility index (Phi) is 3.02. The Labute approximate surface area is 93.7 Å². The van der Waals surface area contributed by atoms with E-state index in [9.17, 15) is 0 Å². The van der Waals surface area contributed by atoms with Crippen LogP contribution in [0.4, 0.5) is 0 Å². The summed E-state index contributed by atoms with van der Waals surface area (Å²) in [4.78, 5) is 8.54. The lowest BCUT2D eigenvalue weighted by Crippen LogP contribution is -2.02.